The highest BCUT2D eigenvalue weighted by Crippen LogP contribution is 2.38. The molecule has 6 nitrogen and oxygen atoms in total. The summed E-state index contributed by atoms with van der Waals surface area (Å²) >= 11 is 0. The van der Waals surface area contributed by atoms with Crippen LogP contribution in [-0.4, -0.2) is 42.0 Å². The summed E-state index contributed by atoms with van der Waals surface area (Å²) in [5.41, 5.74) is 5.46. The normalized spacial score (nSPS) is 21.2. The fraction of sp³-hybridized carbons (Fsp3) is 0.440. The number of rotatable bonds is 3. The number of hydrogen-bond acceptors (Lipinski definition) is 4. The Labute approximate surface area is 182 Å². The van der Waals surface area contributed by atoms with Crippen LogP contribution in [0.15, 0.2) is 42.5 Å². The van der Waals surface area contributed by atoms with Crippen molar-refractivity contribution in [2.24, 2.45) is 0 Å². The van der Waals surface area contributed by atoms with Gasteiger partial charge in [-0.1, -0.05) is 30.3 Å². The van der Waals surface area contributed by atoms with Gasteiger partial charge in [-0.15, -0.1) is 0 Å². The first-order valence-corrected chi connectivity index (χ1v) is 11.2. The predicted octanol–water partition coefficient (Wildman–Crippen LogP) is 4.89. The van der Waals surface area contributed by atoms with Crippen molar-refractivity contribution in [2.45, 2.75) is 51.1 Å². The van der Waals surface area contributed by atoms with E-state index >= 15 is 0 Å². The third kappa shape index (κ3) is 3.59. The molecule has 2 aromatic carbocycles. The van der Waals surface area contributed by atoms with E-state index in [1.54, 1.807) is 4.90 Å². The molecule has 5 rings (SSSR count). The third-order valence-corrected chi connectivity index (χ3v) is 6.61. The maximum atomic E-state index is 12.5. The fourth-order valence-electron chi connectivity index (χ4n) is 5.06. The second kappa shape index (κ2) is 8.35. The van der Waals surface area contributed by atoms with Gasteiger partial charge in [-0.05, 0) is 50.3 Å². The average Bonchev–Trinajstić information content (AvgIpc) is 3.17. The topological polar surface area (TPSA) is 56.6 Å². The minimum absolute atomic E-state index is 0.106. The predicted molar refractivity (Wildman–Crippen MR) is 121 cm³/mol. The molecule has 0 saturated carbocycles. The first-order valence-electron chi connectivity index (χ1n) is 11.2. The Kier molecular flexibility index (Phi) is 5.40. The molecule has 1 fully saturated rings. The lowest BCUT2D eigenvalue weighted by atomic mass is 9.95. The van der Waals surface area contributed by atoms with Gasteiger partial charge in [0.2, 0.25) is 0 Å². The van der Waals surface area contributed by atoms with Gasteiger partial charge < -0.3 is 14.0 Å². The number of hydrogen-bond donors (Lipinski definition) is 0. The van der Waals surface area contributed by atoms with Crippen molar-refractivity contribution in [2.75, 3.05) is 25.2 Å². The van der Waals surface area contributed by atoms with Crippen LogP contribution < -0.4 is 4.90 Å². The van der Waals surface area contributed by atoms with Crippen molar-refractivity contribution in [3.8, 4) is 0 Å². The van der Waals surface area contributed by atoms with Crippen molar-refractivity contribution < 1.29 is 14.3 Å². The van der Waals surface area contributed by atoms with Gasteiger partial charge in [-0.2, -0.15) is 0 Å². The molecule has 2 aliphatic heterocycles. The van der Waals surface area contributed by atoms with Gasteiger partial charge in [-0.3, -0.25) is 4.90 Å². The van der Waals surface area contributed by atoms with Crippen molar-refractivity contribution in [3.63, 3.8) is 0 Å². The molecule has 6 heteroatoms. The minimum Gasteiger partial charge on any atom is -0.452 e. The van der Waals surface area contributed by atoms with Crippen LogP contribution in [-0.2, 0) is 22.3 Å². The number of nitrogens with zero attached hydrogens (tertiary/aromatic N) is 3. The maximum absolute atomic E-state index is 12.5. The summed E-state index contributed by atoms with van der Waals surface area (Å²) in [5, 5.41) is 0. The molecule has 2 atom stereocenters. The summed E-state index contributed by atoms with van der Waals surface area (Å²) in [6.45, 7) is 3.62. The number of amides is 1. The van der Waals surface area contributed by atoms with Crippen LogP contribution in [0.3, 0.4) is 0 Å². The Morgan fingerprint density at radius 1 is 1.19 bits per heavy atom. The summed E-state index contributed by atoms with van der Waals surface area (Å²) in [7, 11) is 1.44. The van der Waals surface area contributed by atoms with Gasteiger partial charge in [0.1, 0.15) is 5.82 Å². The van der Waals surface area contributed by atoms with Crippen LogP contribution in [0.25, 0.3) is 11.0 Å². The molecule has 162 valence electrons. The molecule has 0 aliphatic carbocycles. The number of carbonyl (C=O) groups is 1. The first-order chi connectivity index (χ1) is 15.2. The second-order valence-electron chi connectivity index (χ2n) is 8.59. The summed E-state index contributed by atoms with van der Waals surface area (Å²) in [5.74, 6) is 1.06. The van der Waals surface area contributed by atoms with Crippen molar-refractivity contribution in [1.82, 2.24) is 9.55 Å². The second-order valence-corrected chi connectivity index (χ2v) is 8.59. The lowest BCUT2D eigenvalue weighted by molar-refractivity contribution is 0.0596. The SMILES string of the molecule is COC(=O)N1c2ccc3c(nc(Cc4ccccc4)n3[C@@H]3CCCOC3)c2CC[C@@H]1C. The van der Waals surface area contributed by atoms with Crippen LogP contribution >= 0.6 is 0 Å². The Morgan fingerprint density at radius 2 is 2.03 bits per heavy atom. The number of benzene rings is 2. The lowest BCUT2D eigenvalue weighted by Crippen LogP contribution is -2.42. The van der Waals surface area contributed by atoms with E-state index in [0.717, 1.165) is 73.4 Å². The maximum Gasteiger partial charge on any atom is 0.414 e. The fourth-order valence-corrected chi connectivity index (χ4v) is 5.06. The molecule has 1 amide bonds. The number of aryl methyl sites for hydroxylation is 1. The molecule has 0 unspecified atom stereocenters. The largest absolute Gasteiger partial charge is 0.452 e. The van der Waals surface area contributed by atoms with Crippen molar-refractivity contribution in [3.05, 3.63) is 59.4 Å². The quantitative estimate of drug-likeness (QED) is 0.607. The molecule has 0 N–H and O–H groups in total. The van der Waals surface area contributed by atoms with E-state index in [9.17, 15) is 4.79 Å². The molecule has 0 spiro atoms. The highest BCUT2D eigenvalue weighted by molar-refractivity contribution is 5.95. The van der Waals surface area contributed by atoms with E-state index < -0.39 is 0 Å². The highest BCUT2D eigenvalue weighted by atomic mass is 16.5. The zero-order valence-electron chi connectivity index (χ0n) is 18.2. The Bertz CT molecular complexity index is 1090. The number of ether oxygens (including phenoxy) is 2. The molecule has 1 saturated heterocycles. The Morgan fingerprint density at radius 3 is 2.77 bits per heavy atom. The van der Waals surface area contributed by atoms with Gasteiger partial charge in [0.15, 0.2) is 0 Å². The number of fused-ring (bicyclic) bond motifs is 3. The zero-order chi connectivity index (χ0) is 21.4. The van der Waals surface area contributed by atoms with Gasteiger partial charge in [0.25, 0.3) is 0 Å². The van der Waals surface area contributed by atoms with E-state index in [0.29, 0.717) is 0 Å². The minimum atomic E-state index is -0.308. The Hall–Kier alpha value is -2.86. The molecule has 31 heavy (non-hydrogen) atoms. The number of imidazole rings is 1. The van der Waals surface area contributed by atoms with Crippen LogP contribution in [0, 0.1) is 0 Å². The molecular formula is C25H29N3O3. The van der Waals surface area contributed by atoms with Gasteiger partial charge in [-0.25, -0.2) is 9.78 Å². The zero-order valence-corrected chi connectivity index (χ0v) is 18.2. The van der Waals surface area contributed by atoms with Crippen LogP contribution in [0.2, 0.25) is 0 Å². The summed E-state index contributed by atoms with van der Waals surface area (Å²) in [6, 6.07) is 15.1. The monoisotopic (exact) mass is 419 g/mol. The molecule has 0 bridgehead atoms. The number of methoxy groups -OCH3 is 1. The Balaban J connectivity index is 1.66. The van der Waals surface area contributed by atoms with E-state index in [1.165, 1.54) is 12.7 Å². The molecule has 0 radical (unpaired) electrons. The standard InChI is InChI=1S/C25H29N3O3/c1-17-10-11-20-21(27(17)25(29)30-2)12-13-22-24(20)26-23(15-18-7-4-3-5-8-18)28(22)19-9-6-14-31-16-19/h3-5,7-8,12-13,17,19H,6,9-11,14-16H2,1-2H3/t17-,19+/m0/s1. The first kappa shape index (κ1) is 20.1. The summed E-state index contributed by atoms with van der Waals surface area (Å²) in [6.07, 6.45) is 4.43. The third-order valence-electron chi connectivity index (χ3n) is 6.61. The molecule has 3 aromatic rings. The van der Waals surface area contributed by atoms with Gasteiger partial charge in [0, 0.05) is 24.6 Å². The van der Waals surface area contributed by atoms with Gasteiger partial charge in [0.05, 0.1) is 36.5 Å². The van der Waals surface area contributed by atoms with E-state index in [1.807, 2.05) is 6.07 Å². The number of carbonyl (C=O) groups excluding carboxylic acids is 1. The summed E-state index contributed by atoms with van der Waals surface area (Å²) in [4.78, 5) is 19.4. The molecule has 1 aromatic heterocycles. The smallest absolute Gasteiger partial charge is 0.414 e. The average molecular weight is 420 g/mol. The van der Waals surface area contributed by atoms with E-state index in [4.69, 9.17) is 14.5 Å². The van der Waals surface area contributed by atoms with Gasteiger partial charge >= 0.3 is 6.09 Å². The van der Waals surface area contributed by atoms with E-state index in [2.05, 4.69) is 47.9 Å². The number of aromatic nitrogens is 2. The number of anilines is 1. The van der Waals surface area contributed by atoms with E-state index in [-0.39, 0.29) is 18.2 Å². The van der Waals surface area contributed by atoms with Crippen molar-refractivity contribution in [1.29, 1.82) is 0 Å². The molecular weight excluding hydrogens is 390 g/mol. The van der Waals surface area contributed by atoms with Crippen molar-refractivity contribution >= 4 is 22.8 Å². The van der Waals surface area contributed by atoms with Crippen LogP contribution in [0.1, 0.15) is 49.2 Å². The molecule has 3 heterocycles. The molecule has 2 aliphatic rings. The van der Waals surface area contributed by atoms with Crippen LogP contribution in [0.5, 0.6) is 0 Å². The lowest BCUT2D eigenvalue weighted by Gasteiger charge is -2.34. The summed E-state index contributed by atoms with van der Waals surface area (Å²) < 4.78 is 13.3. The van der Waals surface area contributed by atoms with Crippen LogP contribution in [0.4, 0.5) is 10.5 Å². The highest BCUT2D eigenvalue weighted by Gasteiger charge is 2.32.